The molecule has 1 aromatic rings. The van der Waals surface area contributed by atoms with Crippen LogP contribution in [0, 0.1) is 0 Å². The second-order valence-corrected chi connectivity index (χ2v) is 3.70. The minimum Gasteiger partial charge on any atom is -0.410 e. The van der Waals surface area contributed by atoms with Crippen LogP contribution in [0.4, 0.5) is 10.5 Å². The Kier molecular flexibility index (Phi) is 5.66. The molecule has 6 heteroatoms. The van der Waals surface area contributed by atoms with E-state index in [4.69, 9.17) is 17.0 Å². The van der Waals surface area contributed by atoms with Crippen molar-refractivity contribution in [3.05, 3.63) is 36.9 Å². The summed E-state index contributed by atoms with van der Waals surface area (Å²) in [4.78, 5) is 11.1. The molecule has 0 aliphatic carbocycles. The lowest BCUT2D eigenvalue weighted by molar-refractivity contribution is 0.203. The summed E-state index contributed by atoms with van der Waals surface area (Å²) >= 11 is 5.07. The number of hydrogen-bond donors (Lipinski definition) is 3. The number of nitrogens with one attached hydrogen (secondary N) is 3. The first kappa shape index (κ1) is 14.0. The Morgan fingerprint density at radius 1 is 1.56 bits per heavy atom. The lowest BCUT2D eigenvalue weighted by Gasteiger charge is -2.10. The molecule has 0 aliphatic rings. The second kappa shape index (κ2) is 7.29. The summed E-state index contributed by atoms with van der Waals surface area (Å²) in [5.41, 5.74) is 0.734. The SMILES string of the molecule is C=CCNC(=S)Nc1cccc(OC(=O)NC)c1. The van der Waals surface area contributed by atoms with Crippen molar-refractivity contribution in [2.75, 3.05) is 18.9 Å². The fourth-order valence-corrected chi connectivity index (χ4v) is 1.34. The molecule has 0 aliphatic heterocycles. The minimum atomic E-state index is -0.514. The second-order valence-electron chi connectivity index (χ2n) is 3.29. The van der Waals surface area contributed by atoms with E-state index in [-0.39, 0.29) is 0 Å². The van der Waals surface area contributed by atoms with E-state index in [1.165, 1.54) is 7.05 Å². The monoisotopic (exact) mass is 265 g/mol. The molecule has 0 saturated carbocycles. The summed E-state index contributed by atoms with van der Waals surface area (Å²) in [6.07, 6.45) is 1.19. The van der Waals surface area contributed by atoms with Crippen molar-refractivity contribution in [2.24, 2.45) is 0 Å². The maximum atomic E-state index is 11.1. The van der Waals surface area contributed by atoms with Gasteiger partial charge in [-0.05, 0) is 24.4 Å². The quantitative estimate of drug-likeness (QED) is 0.573. The van der Waals surface area contributed by atoms with Gasteiger partial charge in [0.05, 0.1) is 0 Å². The molecule has 18 heavy (non-hydrogen) atoms. The van der Waals surface area contributed by atoms with E-state index in [2.05, 4.69) is 22.5 Å². The topological polar surface area (TPSA) is 62.4 Å². The van der Waals surface area contributed by atoms with E-state index >= 15 is 0 Å². The van der Waals surface area contributed by atoms with E-state index in [9.17, 15) is 4.79 Å². The average molecular weight is 265 g/mol. The number of thiocarbonyl (C=S) groups is 1. The molecule has 0 heterocycles. The molecule has 3 N–H and O–H groups in total. The van der Waals surface area contributed by atoms with Crippen LogP contribution in [0.5, 0.6) is 5.75 Å². The third-order valence-electron chi connectivity index (χ3n) is 1.91. The Balaban J connectivity index is 2.61. The van der Waals surface area contributed by atoms with E-state index < -0.39 is 6.09 Å². The van der Waals surface area contributed by atoms with E-state index in [1.807, 2.05) is 6.07 Å². The zero-order valence-electron chi connectivity index (χ0n) is 10.0. The Hall–Kier alpha value is -2.08. The fourth-order valence-electron chi connectivity index (χ4n) is 1.14. The smallest absolute Gasteiger partial charge is 0.410 e. The third-order valence-corrected chi connectivity index (χ3v) is 2.16. The molecule has 0 fully saturated rings. The first-order valence-corrected chi connectivity index (χ1v) is 5.72. The maximum absolute atomic E-state index is 11.1. The van der Waals surface area contributed by atoms with Crippen molar-refractivity contribution in [1.82, 2.24) is 10.6 Å². The highest BCUT2D eigenvalue weighted by molar-refractivity contribution is 7.80. The van der Waals surface area contributed by atoms with Crippen LogP contribution in [0.1, 0.15) is 0 Å². The van der Waals surface area contributed by atoms with Crippen LogP contribution in [-0.2, 0) is 0 Å². The van der Waals surface area contributed by atoms with Gasteiger partial charge in [0.2, 0.25) is 0 Å². The number of carbonyl (C=O) groups excluding carboxylic acids is 1. The molecule has 96 valence electrons. The molecular formula is C12H15N3O2S. The molecular weight excluding hydrogens is 250 g/mol. The van der Waals surface area contributed by atoms with Crippen molar-refractivity contribution in [2.45, 2.75) is 0 Å². The molecule has 0 atom stereocenters. The van der Waals surface area contributed by atoms with Gasteiger partial charge in [-0.1, -0.05) is 12.1 Å². The maximum Gasteiger partial charge on any atom is 0.412 e. The molecule has 1 aromatic carbocycles. The molecule has 0 radical (unpaired) electrons. The molecule has 5 nitrogen and oxygen atoms in total. The van der Waals surface area contributed by atoms with Gasteiger partial charge < -0.3 is 20.7 Å². The Morgan fingerprint density at radius 2 is 2.33 bits per heavy atom. The summed E-state index contributed by atoms with van der Waals surface area (Å²) in [5.74, 6) is 0.436. The van der Waals surface area contributed by atoms with E-state index in [0.29, 0.717) is 17.4 Å². The lowest BCUT2D eigenvalue weighted by Crippen LogP contribution is -2.28. The molecule has 1 rings (SSSR count). The molecule has 0 spiro atoms. The summed E-state index contributed by atoms with van der Waals surface area (Å²) < 4.78 is 5.00. The highest BCUT2D eigenvalue weighted by atomic mass is 32.1. The van der Waals surface area contributed by atoms with Gasteiger partial charge in [-0.15, -0.1) is 6.58 Å². The average Bonchev–Trinajstić information content (AvgIpc) is 2.36. The van der Waals surface area contributed by atoms with Gasteiger partial charge in [-0.2, -0.15) is 0 Å². The Morgan fingerprint density at radius 3 is 3.00 bits per heavy atom. The molecule has 0 saturated heterocycles. The van der Waals surface area contributed by atoms with Crippen LogP contribution in [0.15, 0.2) is 36.9 Å². The van der Waals surface area contributed by atoms with Crippen molar-refractivity contribution in [3.8, 4) is 5.75 Å². The molecule has 1 amide bonds. The fraction of sp³-hybridized carbons (Fsp3) is 0.167. The van der Waals surface area contributed by atoms with Crippen molar-refractivity contribution >= 4 is 29.1 Å². The van der Waals surface area contributed by atoms with Crippen molar-refractivity contribution in [1.29, 1.82) is 0 Å². The first-order valence-electron chi connectivity index (χ1n) is 5.31. The Bertz CT molecular complexity index is 449. The van der Waals surface area contributed by atoms with Crippen molar-refractivity contribution in [3.63, 3.8) is 0 Å². The zero-order chi connectivity index (χ0) is 13.4. The first-order chi connectivity index (χ1) is 8.65. The van der Waals surface area contributed by atoms with Crippen LogP contribution in [0.3, 0.4) is 0 Å². The zero-order valence-corrected chi connectivity index (χ0v) is 10.8. The van der Waals surface area contributed by atoms with Gasteiger partial charge in [0.15, 0.2) is 5.11 Å². The lowest BCUT2D eigenvalue weighted by atomic mass is 10.3. The summed E-state index contributed by atoms with van der Waals surface area (Å²) in [6, 6.07) is 6.94. The highest BCUT2D eigenvalue weighted by Crippen LogP contribution is 2.17. The van der Waals surface area contributed by atoms with Gasteiger partial charge >= 0.3 is 6.09 Å². The number of hydrogen-bond acceptors (Lipinski definition) is 3. The van der Waals surface area contributed by atoms with Gasteiger partial charge in [-0.25, -0.2) is 4.79 Å². The molecule has 0 bridgehead atoms. The standard InChI is InChI=1S/C12H15N3O2S/c1-3-7-14-11(18)15-9-5-4-6-10(8-9)17-12(16)13-2/h3-6,8H,1,7H2,2H3,(H,13,16)(H2,14,15,18). The van der Waals surface area contributed by atoms with Gasteiger partial charge in [0, 0.05) is 25.3 Å². The van der Waals surface area contributed by atoms with Crippen LogP contribution < -0.4 is 20.7 Å². The summed E-state index contributed by atoms with van der Waals surface area (Å²) in [5, 5.41) is 8.75. The third kappa shape index (κ3) is 4.84. The number of amides is 1. The van der Waals surface area contributed by atoms with E-state index in [0.717, 1.165) is 5.69 Å². The van der Waals surface area contributed by atoms with Gasteiger partial charge in [0.1, 0.15) is 5.75 Å². The van der Waals surface area contributed by atoms with Gasteiger partial charge in [-0.3, -0.25) is 0 Å². The van der Waals surface area contributed by atoms with Crippen LogP contribution in [-0.4, -0.2) is 24.8 Å². The van der Waals surface area contributed by atoms with Crippen LogP contribution in [0.25, 0.3) is 0 Å². The molecule has 0 unspecified atom stereocenters. The number of carbonyl (C=O) groups is 1. The highest BCUT2D eigenvalue weighted by Gasteiger charge is 2.03. The number of benzene rings is 1. The summed E-state index contributed by atoms with van der Waals surface area (Å²) in [7, 11) is 1.50. The van der Waals surface area contributed by atoms with Gasteiger partial charge in [0.25, 0.3) is 0 Å². The number of rotatable bonds is 4. The predicted molar refractivity (Wildman–Crippen MR) is 75.9 cm³/mol. The van der Waals surface area contributed by atoms with E-state index in [1.54, 1.807) is 24.3 Å². The number of ether oxygens (including phenoxy) is 1. The normalized spacial score (nSPS) is 9.17. The number of anilines is 1. The summed E-state index contributed by atoms with van der Waals surface area (Å²) in [6.45, 7) is 4.17. The molecule has 0 aromatic heterocycles. The minimum absolute atomic E-state index is 0.436. The Labute approximate surface area is 111 Å². The largest absolute Gasteiger partial charge is 0.412 e. The predicted octanol–water partition coefficient (Wildman–Crippen LogP) is 1.88. The van der Waals surface area contributed by atoms with Crippen LogP contribution >= 0.6 is 12.2 Å². The van der Waals surface area contributed by atoms with Crippen molar-refractivity contribution < 1.29 is 9.53 Å². The van der Waals surface area contributed by atoms with Crippen LogP contribution in [0.2, 0.25) is 0 Å².